The van der Waals surface area contributed by atoms with Gasteiger partial charge in [0, 0.05) is 18.5 Å². The number of rotatable bonds is 6. The number of benzene rings is 1. The van der Waals surface area contributed by atoms with Crippen LogP contribution < -0.4 is 0 Å². The number of carbonyl (C=O) groups excluding carboxylic acids is 1. The van der Waals surface area contributed by atoms with E-state index in [9.17, 15) is 4.79 Å². The van der Waals surface area contributed by atoms with Gasteiger partial charge in [-0.05, 0) is 12.5 Å². The van der Waals surface area contributed by atoms with Crippen molar-refractivity contribution in [3.05, 3.63) is 78.9 Å². The molecule has 0 radical (unpaired) electrons. The fraction of sp³-hybridized carbons (Fsp3) is 0.176. The summed E-state index contributed by atoms with van der Waals surface area (Å²) in [6.07, 6.45) is 11.6. The molecule has 1 atom stereocenters. The summed E-state index contributed by atoms with van der Waals surface area (Å²) in [5.74, 6) is -0.359. The number of nitrogens with zero attached hydrogens (tertiary/aromatic N) is 2. The Bertz CT molecular complexity index is 607. The average Bonchev–Trinajstić information content (AvgIpc) is 3.01. The van der Waals surface area contributed by atoms with E-state index >= 15 is 0 Å². The van der Waals surface area contributed by atoms with Crippen LogP contribution in [0, 0.1) is 0 Å². The van der Waals surface area contributed by atoms with E-state index < -0.39 is 0 Å². The van der Waals surface area contributed by atoms with Gasteiger partial charge in [0.05, 0.1) is 12.9 Å². The second kappa shape index (κ2) is 9.58. The Balaban J connectivity index is 0.00000242. The quantitative estimate of drug-likeness (QED) is 0.463. The molecular weight excluding hydrogens is 300 g/mol. The second-order valence-electron chi connectivity index (χ2n) is 4.48. The van der Waals surface area contributed by atoms with Crippen LogP contribution in [0.15, 0.2) is 73.4 Å². The van der Waals surface area contributed by atoms with Gasteiger partial charge in [0.1, 0.15) is 6.10 Å². The summed E-state index contributed by atoms with van der Waals surface area (Å²) in [4.78, 5) is 15.9. The van der Waals surface area contributed by atoms with E-state index in [1.807, 2.05) is 54.1 Å². The summed E-state index contributed by atoms with van der Waals surface area (Å²) in [5, 5.41) is 0. The molecule has 0 saturated heterocycles. The van der Waals surface area contributed by atoms with Crippen LogP contribution in [-0.2, 0) is 16.1 Å². The molecule has 0 saturated carbocycles. The minimum atomic E-state index is -0.359. The largest absolute Gasteiger partial charge is 0.452 e. The van der Waals surface area contributed by atoms with Gasteiger partial charge in [-0.25, -0.2) is 9.78 Å². The molecular formula is C17H19ClN2O2. The van der Waals surface area contributed by atoms with Crippen LogP contribution in [0.2, 0.25) is 0 Å². The van der Waals surface area contributed by atoms with E-state index in [1.165, 1.54) is 6.08 Å². The van der Waals surface area contributed by atoms with Gasteiger partial charge in [0.25, 0.3) is 0 Å². The smallest absolute Gasteiger partial charge is 0.331 e. The van der Waals surface area contributed by atoms with Crippen molar-refractivity contribution in [1.29, 1.82) is 0 Å². The normalized spacial score (nSPS) is 12.2. The minimum Gasteiger partial charge on any atom is -0.452 e. The van der Waals surface area contributed by atoms with Crippen molar-refractivity contribution in [3.8, 4) is 0 Å². The van der Waals surface area contributed by atoms with Crippen molar-refractivity contribution in [2.45, 2.75) is 19.6 Å². The SMILES string of the molecule is C/C=C/C=C/C(=O)OC(Cn1ccnc1)c1ccccc1.Cl. The number of allylic oxidation sites excluding steroid dienone is 3. The third kappa shape index (κ3) is 5.58. The number of imidazole rings is 1. The molecule has 2 rings (SSSR count). The van der Waals surface area contributed by atoms with Gasteiger partial charge in [0.15, 0.2) is 0 Å². The van der Waals surface area contributed by atoms with Gasteiger partial charge in [-0.3, -0.25) is 0 Å². The molecule has 0 aliphatic carbocycles. The van der Waals surface area contributed by atoms with Crippen LogP contribution in [0.25, 0.3) is 0 Å². The average molecular weight is 319 g/mol. The van der Waals surface area contributed by atoms with E-state index in [1.54, 1.807) is 24.7 Å². The highest BCUT2D eigenvalue weighted by Crippen LogP contribution is 2.19. The lowest BCUT2D eigenvalue weighted by molar-refractivity contribution is -0.144. The highest BCUT2D eigenvalue weighted by atomic mass is 35.5. The van der Waals surface area contributed by atoms with Crippen molar-refractivity contribution in [2.24, 2.45) is 0 Å². The Hall–Kier alpha value is -2.33. The van der Waals surface area contributed by atoms with Gasteiger partial charge >= 0.3 is 5.97 Å². The highest BCUT2D eigenvalue weighted by molar-refractivity contribution is 5.85. The zero-order valence-corrected chi connectivity index (χ0v) is 13.1. The lowest BCUT2D eigenvalue weighted by Crippen LogP contribution is -2.15. The summed E-state index contributed by atoms with van der Waals surface area (Å²) < 4.78 is 7.44. The molecule has 4 nitrogen and oxygen atoms in total. The van der Waals surface area contributed by atoms with Crippen molar-refractivity contribution < 1.29 is 9.53 Å². The standard InChI is InChI=1S/C17H18N2O2.ClH/c1-2-3-5-10-17(20)21-16(13-19-12-11-18-14-19)15-8-6-4-7-9-15;/h2-12,14,16H,13H2,1H3;1H/b3-2+,10-5+;. The minimum absolute atomic E-state index is 0. The maximum Gasteiger partial charge on any atom is 0.331 e. The molecule has 2 aromatic rings. The summed E-state index contributed by atoms with van der Waals surface area (Å²) in [6, 6.07) is 9.69. The van der Waals surface area contributed by atoms with Crippen LogP contribution >= 0.6 is 12.4 Å². The van der Waals surface area contributed by atoms with Crippen LogP contribution in [-0.4, -0.2) is 15.5 Å². The first kappa shape index (κ1) is 17.7. The van der Waals surface area contributed by atoms with Gasteiger partial charge in [-0.15, -0.1) is 12.4 Å². The van der Waals surface area contributed by atoms with Crippen molar-refractivity contribution >= 4 is 18.4 Å². The zero-order chi connectivity index (χ0) is 14.9. The lowest BCUT2D eigenvalue weighted by Gasteiger charge is -2.18. The number of halogens is 1. The number of ether oxygens (including phenoxy) is 1. The van der Waals surface area contributed by atoms with E-state index in [4.69, 9.17) is 4.74 Å². The molecule has 0 amide bonds. The first-order valence-electron chi connectivity index (χ1n) is 6.80. The van der Waals surface area contributed by atoms with E-state index in [-0.39, 0.29) is 24.5 Å². The number of aromatic nitrogens is 2. The van der Waals surface area contributed by atoms with Gasteiger partial charge in [0.2, 0.25) is 0 Å². The molecule has 0 bridgehead atoms. The molecule has 5 heteroatoms. The van der Waals surface area contributed by atoms with Crippen LogP contribution in [0.5, 0.6) is 0 Å². The van der Waals surface area contributed by atoms with Crippen molar-refractivity contribution in [2.75, 3.05) is 0 Å². The van der Waals surface area contributed by atoms with Crippen LogP contribution in [0.3, 0.4) is 0 Å². The summed E-state index contributed by atoms with van der Waals surface area (Å²) >= 11 is 0. The number of carbonyl (C=O) groups is 1. The van der Waals surface area contributed by atoms with E-state index in [0.29, 0.717) is 6.54 Å². The molecule has 22 heavy (non-hydrogen) atoms. The Labute approximate surface area is 136 Å². The molecule has 0 fully saturated rings. The van der Waals surface area contributed by atoms with Crippen molar-refractivity contribution in [3.63, 3.8) is 0 Å². The lowest BCUT2D eigenvalue weighted by atomic mass is 10.1. The molecule has 0 aliphatic rings. The fourth-order valence-electron chi connectivity index (χ4n) is 1.89. The highest BCUT2D eigenvalue weighted by Gasteiger charge is 2.15. The molecule has 0 N–H and O–H groups in total. The first-order chi connectivity index (χ1) is 10.3. The summed E-state index contributed by atoms with van der Waals surface area (Å²) in [6.45, 7) is 2.43. The molecule has 1 heterocycles. The topological polar surface area (TPSA) is 44.1 Å². The van der Waals surface area contributed by atoms with Gasteiger partial charge < -0.3 is 9.30 Å². The monoisotopic (exact) mass is 318 g/mol. The predicted octanol–water partition coefficient (Wildman–Crippen LogP) is 3.72. The van der Waals surface area contributed by atoms with Crippen LogP contribution in [0.1, 0.15) is 18.6 Å². The fourth-order valence-corrected chi connectivity index (χ4v) is 1.89. The Kier molecular flexibility index (Phi) is 7.72. The first-order valence-corrected chi connectivity index (χ1v) is 6.80. The second-order valence-corrected chi connectivity index (χ2v) is 4.48. The molecule has 0 spiro atoms. The number of esters is 1. The third-order valence-electron chi connectivity index (χ3n) is 2.90. The predicted molar refractivity (Wildman–Crippen MR) is 88.7 cm³/mol. The van der Waals surface area contributed by atoms with E-state index in [0.717, 1.165) is 5.56 Å². The van der Waals surface area contributed by atoms with Crippen LogP contribution in [0.4, 0.5) is 0 Å². The number of hydrogen-bond acceptors (Lipinski definition) is 3. The zero-order valence-electron chi connectivity index (χ0n) is 12.3. The Morgan fingerprint density at radius 3 is 2.73 bits per heavy atom. The molecule has 1 unspecified atom stereocenters. The summed E-state index contributed by atoms with van der Waals surface area (Å²) in [5.41, 5.74) is 0.957. The summed E-state index contributed by atoms with van der Waals surface area (Å²) in [7, 11) is 0. The van der Waals surface area contributed by atoms with E-state index in [2.05, 4.69) is 4.98 Å². The molecule has 1 aromatic heterocycles. The molecule has 116 valence electrons. The van der Waals surface area contributed by atoms with Gasteiger partial charge in [-0.1, -0.05) is 48.6 Å². The molecule has 0 aliphatic heterocycles. The van der Waals surface area contributed by atoms with Crippen molar-refractivity contribution in [1.82, 2.24) is 9.55 Å². The third-order valence-corrected chi connectivity index (χ3v) is 2.90. The Morgan fingerprint density at radius 1 is 1.32 bits per heavy atom. The maximum atomic E-state index is 11.9. The number of hydrogen-bond donors (Lipinski definition) is 0. The Morgan fingerprint density at radius 2 is 2.09 bits per heavy atom. The maximum absolute atomic E-state index is 11.9. The van der Waals surface area contributed by atoms with Gasteiger partial charge in [-0.2, -0.15) is 0 Å². The molecule has 1 aromatic carbocycles.